The lowest BCUT2D eigenvalue weighted by Gasteiger charge is -2.11. The summed E-state index contributed by atoms with van der Waals surface area (Å²) in [5, 5.41) is 4.91. The lowest BCUT2D eigenvalue weighted by Crippen LogP contribution is -2.22. The van der Waals surface area contributed by atoms with E-state index in [9.17, 15) is 4.79 Å². The van der Waals surface area contributed by atoms with Gasteiger partial charge in [0.1, 0.15) is 0 Å². The maximum absolute atomic E-state index is 11.6. The van der Waals surface area contributed by atoms with Gasteiger partial charge >= 0.3 is 0 Å². The molecule has 5 heteroatoms. The molecule has 0 aliphatic carbocycles. The zero-order valence-electron chi connectivity index (χ0n) is 11.3. The Labute approximate surface area is 127 Å². The predicted molar refractivity (Wildman–Crippen MR) is 85.9 cm³/mol. The Bertz CT molecular complexity index is 829. The first-order valence-electron chi connectivity index (χ1n) is 6.68. The van der Waals surface area contributed by atoms with Crippen molar-refractivity contribution < 1.29 is 0 Å². The van der Waals surface area contributed by atoms with Crippen LogP contribution in [-0.2, 0) is 6.54 Å². The number of hydrogen-bond acceptors (Lipinski definition) is 3. The summed E-state index contributed by atoms with van der Waals surface area (Å²) >= 11 is 6.17. The highest BCUT2D eigenvalue weighted by Gasteiger charge is 2.05. The molecule has 106 valence electrons. The molecule has 2 heterocycles. The van der Waals surface area contributed by atoms with Gasteiger partial charge in [-0.25, -0.2) is 0 Å². The number of anilines is 1. The molecule has 21 heavy (non-hydrogen) atoms. The fourth-order valence-electron chi connectivity index (χ4n) is 2.24. The highest BCUT2D eigenvalue weighted by molar-refractivity contribution is 6.35. The van der Waals surface area contributed by atoms with Gasteiger partial charge in [0.25, 0.3) is 5.56 Å². The highest BCUT2D eigenvalue weighted by Crippen LogP contribution is 2.27. The summed E-state index contributed by atoms with van der Waals surface area (Å²) in [5.41, 5.74) is 1.75. The molecule has 0 radical (unpaired) electrons. The van der Waals surface area contributed by atoms with Crippen LogP contribution in [0.5, 0.6) is 0 Å². The third kappa shape index (κ3) is 2.90. The molecule has 0 amide bonds. The second-order valence-electron chi connectivity index (χ2n) is 4.65. The number of hydrogen-bond donors (Lipinski definition) is 1. The van der Waals surface area contributed by atoms with Crippen LogP contribution in [0.4, 0.5) is 5.69 Å². The van der Waals surface area contributed by atoms with E-state index in [4.69, 9.17) is 11.6 Å². The van der Waals surface area contributed by atoms with Crippen molar-refractivity contribution in [1.82, 2.24) is 9.55 Å². The van der Waals surface area contributed by atoms with Crippen molar-refractivity contribution in [2.24, 2.45) is 0 Å². The molecule has 0 aliphatic heterocycles. The maximum Gasteiger partial charge on any atom is 0.250 e. The van der Waals surface area contributed by atoms with Crippen LogP contribution in [-0.4, -0.2) is 16.1 Å². The normalized spacial score (nSPS) is 10.7. The van der Waals surface area contributed by atoms with Crippen LogP contribution in [0.3, 0.4) is 0 Å². The van der Waals surface area contributed by atoms with Gasteiger partial charge in [0.05, 0.1) is 16.2 Å². The Morgan fingerprint density at radius 1 is 1.14 bits per heavy atom. The number of halogens is 1. The molecular formula is C16H14ClN3O. The van der Waals surface area contributed by atoms with Gasteiger partial charge in [0.15, 0.2) is 0 Å². The summed E-state index contributed by atoms with van der Waals surface area (Å²) in [7, 11) is 0. The number of nitrogens with zero attached hydrogens (tertiary/aromatic N) is 2. The largest absolute Gasteiger partial charge is 0.381 e. The Kier molecular flexibility index (Phi) is 3.88. The van der Waals surface area contributed by atoms with Gasteiger partial charge in [-0.15, -0.1) is 0 Å². The fraction of sp³-hybridized carbons (Fsp3) is 0.125. The predicted octanol–water partition coefficient (Wildman–Crippen LogP) is 3.16. The van der Waals surface area contributed by atoms with Crippen molar-refractivity contribution in [1.29, 1.82) is 0 Å². The molecule has 1 aromatic carbocycles. The summed E-state index contributed by atoms with van der Waals surface area (Å²) in [6.45, 7) is 1.23. The molecule has 1 N–H and O–H groups in total. The van der Waals surface area contributed by atoms with E-state index in [1.54, 1.807) is 29.1 Å². The summed E-state index contributed by atoms with van der Waals surface area (Å²) < 4.78 is 1.67. The molecule has 4 nitrogen and oxygen atoms in total. The molecule has 3 rings (SSSR count). The Balaban J connectivity index is 1.79. The van der Waals surface area contributed by atoms with E-state index < -0.39 is 0 Å². The number of pyridine rings is 2. The second kappa shape index (κ2) is 5.97. The van der Waals surface area contributed by atoms with Crippen molar-refractivity contribution in [2.75, 3.05) is 11.9 Å². The number of benzene rings is 1. The van der Waals surface area contributed by atoms with Crippen LogP contribution >= 0.6 is 11.6 Å². The number of aromatic nitrogens is 2. The quantitative estimate of drug-likeness (QED) is 0.805. The molecule has 0 fully saturated rings. The molecule has 0 bridgehead atoms. The molecule has 0 saturated carbocycles. The SMILES string of the molecule is O=c1ccccn1CCNc1ccc(Cl)c2cccnc12. The zero-order chi connectivity index (χ0) is 14.7. The first kappa shape index (κ1) is 13.6. The van der Waals surface area contributed by atoms with E-state index in [-0.39, 0.29) is 5.56 Å². The third-order valence-electron chi connectivity index (χ3n) is 3.28. The number of nitrogens with one attached hydrogen (secondary N) is 1. The average molecular weight is 300 g/mol. The first-order chi connectivity index (χ1) is 10.3. The van der Waals surface area contributed by atoms with E-state index in [0.717, 1.165) is 16.6 Å². The number of fused-ring (bicyclic) bond motifs is 1. The van der Waals surface area contributed by atoms with Gasteiger partial charge in [0.2, 0.25) is 0 Å². The monoisotopic (exact) mass is 299 g/mol. The Morgan fingerprint density at radius 2 is 2.05 bits per heavy atom. The smallest absolute Gasteiger partial charge is 0.250 e. The van der Waals surface area contributed by atoms with E-state index in [0.29, 0.717) is 18.1 Å². The standard InChI is InChI=1S/C16H14ClN3O/c17-13-6-7-14(16-12(13)4-3-8-19-16)18-9-11-20-10-2-1-5-15(20)21/h1-8,10,18H,9,11H2. The topological polar surface area (TPSA) is 46.9 Å². The molecule has 0 aliphatic rings. The van der Waals surface area contributed by atoms with E-state index in [2.05, 4.69) is 10.3 Å². The molecule has 0 unspecified atom stereocenters. The van der Waals surface area contributed by atoms with Crippen LogP contribution in [0, 0.1) is 0 Å². The van der Waals surface area contributed by atoms with E-state index in [1.165, 1.54) is 0 Å². The minimum atomic E-state index is -0.00149. The van der Waals surface area contributed by atoms with Crippen LogP contribution in [0.25, 0.3) is 10.9 Å². The van der Waals surface area contributed by atoms with Crippen molar-refractivity contribution in [3.63, 3.8) is 0 Å². The minimum Gasteiger partial charge on any atom is -0.381 e. The van der Waals surface area contributed by atoms with Crippen LogP contribution < -0.4 is 10.9 Å². The Hall–Kier alpha value is -2.33. The fourth-order valence-corrected chi connectivity index (χ4v) is 2.45. The van der Waals surface area contributed by atoms with Crippen molar-refractivity contribution in [3.8, 4) is 0 Å². The van der Waals surface area contributed by atoms with Gasteiger partial charge in [-0.3, -0.25) is 9.78 Å². The summed E-state index contributed by atoms with van der Waals surface area (Å²) in [5.74, 6) is 0. The number of rotatable bonds is 4. The van der Waals surface area contributed by atoms with Crippen molar-refractivity contribution in [3.05, 3.63) is 70.2 Å². The molecule has 2 aromatic heterocycles. The zero-order valence-corrected chi connectivity index (χ0v) is 12.0. The lowest BCUT2D eigenvalue weighted by atomic mass is 10.2. The molecule has 0 spiro atoms. The molecule has 0 atom stereocenters. The van der Waals surface area contributed by atoms with Crippen LogP contribution in [0.2, 0.25) is 5.02 Å². The maximum atomic E-state index is 11.6. The second-order valence-corrected chi connectivity index (χ2v) is 5.06. The minimum absolute atomic E-state index is 0.00149. The summed E-state index contributed by atoms with van der Waals surface area (Å²) in [6, 6.07) is 12.7. The first-order valence-corrected chi connectivity index (χ1v) is 7.06. The average Bonchev–Trinajstić information content (AvgIpc) is 2.52. The third-order valence-corrected chi connectivity index (χ3v) is 3.61. The van der Waals surface area contributed by atoms with Crippen LogP contribution in [0.15, 0.2) is 59.7 Å². The van der Waals surface area contributed by atoms with Gasteiger partial charge in [-0.2, -0.15) is 0 Å². The molecular weight excluding hydrogens is 286 g/mol. The van der Waals surface area contributed by atoms with E-state index >= 15 is 0 Å². The lowest BCUT2D eigenvalue weighted by molar-refractivity contribution is 0.698. The van der Waals surface area contributed by atoms with Gasteiger partial charge < -0.3 is 9.88 Å². The van der Waals surface area contributed by atoms with Crippen LogP contribution in [0.1, 0.15) is 0 Å². The van der Waals surface area contributed by atoms with E-state index in [1.807, 2.05) is 30.3 Å². The Morgan fingerprint density at radius 3 is 2.90 bits per heavy atom. The summed E-state index contributed by atoms with van der Waals surface area (Å²) in [4.78, 5) is 16.0. The van der Waals surface area contributed by atoms with Gasteiger partial charge in [-0.05, 0) is 30.3 Å². The van der Waals surface area contributed by atoms with Crippen molar-refractivity contribution in [2.45, 2.75) is 6.54 Å². The highest BCUT2D eigenvalue weighted by atomic mass is 35.5. The molecule has 3 aromatic rings. The summed E-state index contributed by atoms with van der Waals surface area (Å²) in [6.07, 6.45) is 3.52. The van der Waals surface area contributed by atoms with Gasteiger partial charge in [0, 0.05) is 36.9 Å². The van der Waals surface area contributed by atoms with Crippen molar-refractivity contribution >= 4 is 28.2 Å². The molecule has 0 saturated heterocycles. The van der Waals surface area contributed by atoms with Gasteiger partial charge in [-0.1, -0.05) is 17.7 Å².